The molecule has 144 valence electrons. The zero-order valence-corrected chi connectivity index (χ0v) is 15.4. The Labute approximate surface area is 162 Å². The molecular weight excluding hydrogens is 358 g/mol. The number of carbonyl (C=O) groups is 1. The highest BCUT2D eigenvalue weighted by Crippen LogP contribution is 2.32. The third kappa shape index (κ3) is 3.35. The normalized spacial score (nSPS) is 15.9. The second-order valence-corrected chi connectivity index (χ2v) is 7.15. The van der Waals surface area contributed by atoms with Crippen LogP contribution >= 0.6 is 0 Å². The van der Waals surface area contributed by atoms with Gasteiger partial charge in [0, 0.05) is 5.39 Å². The molecule has 7 nitrogen and oxygen atoms in total. The molecule has 0 radical (unpaired) electrons. The van der Waals surface area contributed by atoms with Gasteiger partial charge in [-0.2, -0.15) is 5.10 Å². The molecule has 2 N–H and O–H groups in total. The minimum Gasteiger partial charge on any atom is -0.490 e. The Balaban J connectivity index is 1.30. The Morgan fingerprint density at radius 1 is 1.14 bits per heavy atom. The average Bonchev–Trinajstić information content (AvgIpc) is 3.06. The Hall–Kier alpha value is -3.22. The number of benzene rings is 2. The van der Waals surface area contributed by atoms with Crippen molar-refractivity contribution in [2.75, 3.05) is 18.5 Å². The Kier molecular flexibility index (Phi) is 4.27. The molecule has 0 spiro atoms. The van der Waals surface area contributed by atoms with Gasteiger partial charge in [0.25, 0.3) is 0 Å². The van der Waals surface area contributed by atoms with Crippen LogP contribution in [0.2, 0.25) is 0 Å². The van der Waals surface area contributed by atoms with E-state index in [1.807, 2.05) is 36.4 Å². The summed E-state index contributed by atoms with van der Waals surface area (Å²) in [6, 6.07) is 11.3. The molecule has 7 heteroatoms. The van der Waals surface area contributed by atoms with Crippen LogP contribution in [0.3, 0.4) is 0 Å². The lowest BCUT2D eigenvalue weighted by atomic mass is 9.96. The van der Waals surface area contributed by atoms with E-state index in [0.29, 0.717) is 36.6 Å². The van der Waals surface area contributed by atoms with Crippen molar-refractivity contribution in [3.8, 4) is 17.2 Å². The first-order valence-corrected chi connectivity index (χ1v) is 9.58. The average molecular weight is 379 g/mol. The van der Waals surface area contributed by atoms with E-state index in [2.05, 4.69) is 15.5 Å². The Bertz CT molecular complexity index is 1030. The molecule has 0 saturated heterocycles. The number of H-pyrrole nitrogens is 1. The summed E-state index contributed by atoms with van der Waals surface area (Å²) in [6.45, 7) is 1.07. The maximum atomic E-state index is 12.5. The van der Waals surface area contributed by atoms with Crippen molar-refractivity contribution in [1.82, 2.24) is 10.2 Å². The highest BCUT2D eigenvalue weighted by molar-refractivity contribution is 6.00. The van der Waals surface area contributed by atoms with E-state index < -0.39 is 0 Å². The Morgan fingerprint density at radius 2 is 2.00 bits per heavy atom. The van der Waals surface area contributed by atoms with Crippen LogP contribution in [0.25, 0.3) is 10.9 Å². The molecule has 1 saturated carbocycles. The lowest BCUT2D eigenvalue weighted by molar-refractivity contribution is -0.115. The minimum absolute atomic E-state index is 0.143. The first kappa shape index (κ1) is 16.9. The SMILES string of the molecule is O=C(Cc1ccc2c(c1)OCCO2)Nc1n[nH]c2ccc(OC3CCC3)cc12. The van der Waals surface area contributed by atoms with Crippen molar-refractivity contribution < 1.29 is 19.0 Å². The van der Waals surface area contributed by atoms with Gasteiger partial charge in [0.2, 0.25) is 5.91 Å². The first-order valence-electron chi connectivity index (χ1n) is 9.58. The van der Waals surface area contributed by atoms with E-state index in [1.165, 1.54) is 6.42 Å². The summed E-state index contributed by atoms with van der Waals surface area (Å²) < 4.78 is 17.1. The molecule has 0 unspecified atom stereocenters. The van der Waals surface area contributed by atoms with Crippen molar-refractivity contribution in [2.24, 2.45) is 0 Å². The van der Waals surface area contributed by atoms with Crippen molar-refractivity contribution in [3.05, 3.63) is 42.0 Å². The van der Waals surface area contributed by atoms with Gasteiger partial charge < -0.3 is 19.5 Å². The summed E-state index contributed by atoms with van der Waals surface area (Å²) in [5.74, 6) is 2.57. The van der Waals surface area contributed by atoms with Crippen LogP contribution in [-0.2, 0) is 11.2 Å². The van der Waals surface area contributed by atoms with Gasteiger partial charge in [-0.05, 0) is 55.2 Å². The zero-order valence-electron chi connectivity index (χ0n) is 15.4. The van der Waals surface area contributed by atoms with Crippen LogP contribution < -0.4 is 19.5 Å². The van der Waals surface area contributed by atoms with Crippen LogP contribution in [-0.4, -0.2) is 35.4 Å². The van der Waals surface area contributed by atoms with Crippen molar-refractivity contribution >= 4 is 22.6 Å². The van der Waals surface area contributed by atoms with E-state index in [0.717, 1.165) is 35.1 Å². The van der Waals surface area contributed by atoms with Gasteiger partial charge in [0.15, 0.2) is 17.3 Å². The van der Waals surface area contributed by atoms with E-state index in [1.54, 1.807) is 0 Å². The second kappa shape index (κ2) is 7.07. The molecule has 2 aliphatic rings. The van der Waals surface area contributed by atoms with Gasteiger partial charge in [0.1, 0.15) is 19.0 Å². The van der Waals surface area contributed by atoms with Gasteiger partial charge >= 0.3 is 0 Å². The molecule has 1 amide bonds. The summed E-state index contributed by atoms with van der Waals surface area (Å²) in [7, 11) is 0. The zero-order chi connectivity index (χ0) is 18.9. The molecule has 1 aromatic heterocycles. The molecular formula is C21H21N3O4. The molecule has 0 bridgehead atoms. The molecule has 5 rings (SSSR count). The summed E-state index contributed by atoms with van der Waals surface area (Å²) in [4.78, 5) is 12.5. The van der Waals surface area contributed by atoms with Crippen LogP contribution in [0.15, 0.2) is 36.4 Å². The van der Waals surface area contributed by atoms with Gasteiger partial charge in [-0.3, -0.25) is 9.89 Å². The predicted octanol–water partition coefficient (Wildman–Crippen LogP) is 3.45. The highest BCUT2D eigenvalue weighted by atomic mass is 16.6. The number of nitrogens with zero attached hydrogens (tertiary/aromatic N) is 1. The lowest BCUT2D eigenvalue weighted by Crippen LogP contribution is -2.24. The fraction of sp³-hybridized carbons (Fsp3) is 0.333. The molecule has 1 aliphatic heterocycles. The van der Waals surface area contributed by atoms with Crippen LogP contribution in [0.4, 0.5) is 5.82 Å². The maximum absolute atomic E-state index is 12.5. The smallest absolute Gasteiger partial charge is 0.230 e. The summed E-state index contributed by atoms with van der Waals surface area (Å²) in [5, 5.41) is 10.9. The minimum atomic E-state index is -0.143. The summed E-state index contributed by atoms with van der Waals surface area (Å²) in [6.07, 6.45) is 3.95. The van der Waals surface area contributed by atoms with Crippen LogP contribution in [0.1, 0.15) is 24.8 Å². The number of hydrogen-bond donors (Lipinski definition) is 2. The number of aromatic amines is 1. The number of aromatic nitrogens is 2. The number of amides is 1. The standard InChI is InChI=1S/C21H21N3O4/c25-20(11-13-4-7-18-19(10-13)27-9-8-26-18)22-21-16-12-15(28-14-2-1-3-14)5-6-17(16)23-24-21/h4-7,10,12,14H,1-3,8-9,11H2,(H2,22,23,24,25). The van der Waals surface area contributed by atoms with E-state index >= 15 is 0 Å². The predicted molar refractivity (Wildman–Crippen MR) is 104 cm³/mol. The van der Waals surface area contributed by atoms with Gasteiger partial charge in [-0.15, -0.1) is 0 Å². The van der Waals surface area contributed by atoms with Gasteiger partial charge in [0.05, 0.1) is 18.0 Å². The molecule has 1 aliphatic carbocycles. The van der Waals surface area contributed by atoms with Crippen LogP contribution in [0, 0.1) is 0 Å². The van der Waals surface area contributed by atoms with Crippen molar-refractivity contribution in [1.29, 1.82) is 0 Å². The molecule has 28 heavy (non-hydrogen) atoms. The maximum Gasteiger partial charge on any atom is 0.230 e. The second-order valence-electron chi connectivity index (χ2n) is 7.15. The first-order chi connectivity index (χ1) is 13.7. The number of carbonyl (C=O) groups excluding carboxylic acids is 1. The van der Waals surface area contributed by atoms with Gasteiger partial charge in [-0.25, -0.2) is 0 Å². The number of ether oxygens (including phenoxy) is 3. The van der Waals surface area contributed by atoms with Crippen LogP contribution in [0.5, 0.6) is 17.2 Å². The van der Waals surface area contributed by atoms with Crippen molar-refractivity contribution in [3.63, 3.8) is 0 Å². The third-order valence-electron chi connectivity index (χ3n) is 5.12. The summed E-state index contributed by atoms with van der Waals surface area (Å²) >= 11 is 0. The number of nitrogens with one attached hydrogen (secondary N) is 2. The summed E-state index contributed by atoms with van der Waals surface area (Å²) in [5.41, 5.74) is 1.71. The molecule has 2 heterocycles. The van der Waals surface area contributed by atoms with E-state index in [4.69, 9.17) is 14.2 Å². The number of hydrogen-bond acceptors (Lipinski definition) is 5. The topological polar surface area (TPSA) is 85.5 Å². The highest BCUT2D eigenvalue weighted by Gasteiger charge is 2.20. The van der Waals surface area contributed by atoms with E-state index in [9.17, 15) is 4.79 Å². The fourth-order valence-corrected chi connectivity index (χ4v) is 3.40. The third-order valence-corrected chi connectivity index (χ3v) is 5.12. The monoisotopic (exact) mass is 379 g/mol. The number of rotatable bonds is 5. The molecule has 2 aromatic carbocycles. The number of anilines is 1. The molecule has 3 aromatic rings. The largest absolute Gasteiger partial charge is 0.490 e. The lowest BCUT2D eigenvalue weighted by Gasteiger charge is -2.26. The quantitative estimate of drug-likeness (QED) is 0.709. The van der Waals surface area contributed by atoms with Gasteiger partial charge in [-0.1, -0.05) is 6.07 Å². The molecule has 0 atom stereocenters. The fourth-order valence-electron chi connectivity index (χ4n) is 3.40. The number of fused-ring (bicyclic) bond motifs is 2. The molecule has 1 fully saturated rings. The van der Waals surface area contributed by atoms with E-state index in [-0.39, 0.29) is 12.3 Å². The van der Waals surface area contributed by atoms with Crippen molar-refractivity contribution in [2.45, 2.75) is 31.8 Å². The Morgan fingerprint density at radius 3 is 2.82 bits per heavy atom.